The van der Waals surface area contributed by atoms with E-state index in [1.54, 1.807) is 13.7 Å². The summed E-state index contributed by atoms with van der Waals surface area (Å²) in [7, 11) is 0. The monoisotopic (exact) mass is 1890 g/mol. The lowest BCUT2D eigenvalue weighted by Gasteiger charge is -2.30. The van der Waals surface area contributed by atoms with Gasteiger partial charge in [0.1, 0.15) is 40.3 Å². The van der Waals surface area contributed by atoms with Crippen LogP contribution >= 0.6 is 0 Å². The molecule has 0 saturated heterocycles. The quantitative estimate of drug-likeness (QED) is 0.112. The molecule has 0 spiro atoms. The maximum Gasteiger partial charge on any atom is 0.175 e. The Balaban J connectivity index is 0.000000175. The lowest BCUT2D eigenvalue weighted by atomic mass is 10.0. The van der Waals surface area contributed by atoms with Crippen LogP contribution in [-0.4, -0.2) is 56.5 Å². The highest BCUT2D eigenvalue weighted by atomic mass is 19.1. The van der Waals surface area contributed by atoms with Crippen LogP contribution in [0.5, 0.6) is 0 Å². The van der Waals surface area contributed by atoms with E-state index in [9.17, 15) is 10.5 Å². The van der Waals surface area contributed by atoms with Gasteiger partial charge < -0.3 is 44.0 Å². The third-order valence-corrected chi connectivity index (χ3v) is 29.5. The largest absolute Gasteiger partial charge is 0.358 e. The predicted molar refractivity (Wildman–Crippen MR) is 596 cm³/mol. The molecule has 0 amide bonds. The second-order valence-electron chi connectivity index (χ2n) is 37.1. The molecule has 0 aliphatic heterocycles. The second kappa shape index (κ2) is 33.5. The standard InChI is InChI=1S/C87H52N10.C43H24F2N4.CH3/c88-53-68-83(93-73-31-7-1-21-58(73)59-22-2-8-32-74(59)93)85(96-79-41-37-54(69-27-13-17-45-89-69)49-64(79)65-50-55(38-42-80(65)96)70-28-14-18-46-90-70)87(95-77-35-11-5-25-62(77)63-26-6-12-36-78(63)95)86(84(68)94-75-33-9-3-23-60(75)61-24-4-10-34-76(61)94)97-81-43-39-56(71-29-15-19-47-91-71)51-66(81)67-52-57(40-44-82(67)97)72-30-16-20-48-92-72;44-39-41(47-33-19-7-1-13-26(33)27-14-2-8-20-34(27)47)32(25-46)42(48-35-21-9-3-15-28(35)29-16-4-10-22-36(29)48)40(45)43(39)49-37-23-11-5-17-30(37)31-18-6-12-24-38(31)49;/h1-52H;1-24H;1H3/q;;-1. The Morgan fingerprint density at radius 3 is 0.510 bits per heavy atom. The third kappa shape index (κ3) is 12.6. The van der Waals surface area contributed by atoms with Crippen LogP contribution in [0.3, 0.4) is 0 Å². The van der Waals surface area contributed by atoms with Gasteiger partial charge in [-0.05, 0) is 170 Å². The second-order valence-corrected chi connectivity index (χ2v) is 37.1. The summed E-state index contributed by atoms with van der Waals surface area (Å²) in [6, 6.07) is 155. The van der Waals surface area contributed by atoms with Crippen LogP contribution in [0.1, 0.15) is 11.1 Å². The van der Waals surface area contributed by atoms with Gasteiger partial charge in [-0.1, -0.05) is 267 Å². The van der Waals surface area contributed by atoms with Crippen molar-refractivity contribution < 1.29 is 8.78 Å². The van der Waals surface area contributed by atoms with Crippen LogP contribution in [0.15, 0.2) is 462 Å². The van der Waals surface area contributed by atoms with Crippen LogP contribution in [0.2, 0.25) is 0 Å². The van der Waals surface area contributed by atoms with Gasteiger partial charge in [-0.25, -0.2) is 8.78 Å². The van der Waals surface area contributed by atoms with Crippen LogP contribution in [0, 0.1) is 41.7 Å². The molecular formula is C131H79F2N14-. The molecule has 0 fully saturated rings. The van der Waals surface area contributed by atoms with Crippen LogP contribution < -0.4 is 0 Å². The SMILES string of the molecule is N#Cc1c(-n2c3ccccc3c3ccccc32)c(-n2c3ccc(-c4ccccn4)cc3c3cc(-c4ccccn4)ccc32)c(-n2c3ccccc3c3ccccc32)c(-n2c3ccc(-c4ccccn4)cc3c3cc(-c4ccccn4)ccc32)c1-n1c2ccccc2c2ccccc21.N#Cc1c(-n2c3ccccc3c3ccccc32)c(F)c(-n2c3ccccc3c3ccccc32)c(F)c1-n1c2ccccc2c2ccccc21.[CH3-]. The fourth-order valence-corrected chi connectivity index (χ4v) is 23.5. The summed E-state index contributed by atoms with van der Waals surface area (Å²) in [6.07, 6.45) is 7.42. The first kappa shape index (κ1) is 84.8. The Hall–Kier alpha value is -20.2. The van der Waals surface area contributed by atoms with Crippen LogP contribution in [0.4, 0.5) is 8.78 Å². The summed E-state index contributed by atoms with van der Waals surface area (Å²) >= 11 is 0. The van der Waals surface area contributed by atoms with Gasteiger partial charge in [0.25, 0.3) is 0 Å². The van der Waals surface area contributed by atoms with Gasteiger partial charge in [0.2, 0.25) is 0 Å². The smallest absolute Gasteiger partial charge is 0.175 e. The van der Waals surface area contributed by atoms with Gasteiger partial charge in [0, 0.05) is 133 Å². The number of nitrogens with zero attached hydrogens (tertiary/aromatic N) is 14. The predicted octanol–water partition coefficient (Wildman–Crippen LogP) is 32.9. The Morgan fingerprint density at radius 2 is 0.320 bits per heavy atom. The lowest BCUT2D eigenvalue weighted by Crippen LogP contribution is -2.18. The van der Waals surface area contributed by atoms with E-state index in [0.717, 1.165) is 203 Å². The van der Waals surface area contributed by atoms with Gasteiger partial charge in [0.15, 0.2) is 11.6 Å². The van der Waals surface area contributed by atoms with Crippen LogP contribution in [0.25, 0.3) is 265 Å². The van der Waals surface area contributed by atoms with Crippen molar-refractivity contribution in [1.29, 1.82) is 10.5 Å². The van der Waals surface area contributed by atoms with Gasteiger partial charge >= 0.3 is 0 Å². The lowest BCUT2D eigenvalue weighted by molar-refractivity contribution is 0.565. The number of para-hydroxylation sites is 12. The molecule has 0 aliphatic rings. The van der Waals surface area contributed by atoms with Gasteiger partial charge in [0.05, 0.1) is 139 Å². The van der Waals surface area contributed by atoms with E-state index in [0.29, 0.717) is 50.0 Å². The third-order valence-electron chi connectivity index (χ3n) is 29.5. The summed E-state index contributed by atoms with van der Waals surface area (Å²) in [6.45, 7) is 0. The Labute approximate surface area is 839 Å². The molecule has 30 rings (SSSR count). The van der Waals surface area contributed by atoms with E-state index in [-0.39, 0.29) is 30.1 Å². The van der Waals surface area contributed by atoms with Gasteiger partial charge in [-0.3, -0.25) is 19.9 Å². The van der Waals surface area contributed by atoms with Crippen molar-refractivity contribution in [3.05, 3.63) is 492 Å². The summed E-state index contributed by atoms with van der Waals surface area (Å²) in [5, 5.41) is 40.3. The molecule has 0 aliphatic carbocycles. The van der Waals surface area contributed by atoms with E-state index in [4.69, 9.17) is 19.9 Å². The van der Waals surface area contributed by atoms with E-state index < -0.39 is 11.6 Å². The zero-order valence-electron chi connectivity index (χ0n) is 78.9. The maximum absolute atomic E-state index is 18.0. The minimum Gasteiger partial charge on any atom is -0.358 e. The summed E-state index contributed by atoms with van der Waals surface area (Å²) < 4.78 is 53.5. The number of halogens is 2. The molecule has 14 nitrogen and oxygen atoms in total. The molecule has 16 heteroatoms. The number of aromatic nitrogens is 12. The van der Waals surface area contributed by atoms with E-state index in [1.165, 1.54) is 0 Å². The molecular weight excluding hydrogens is 1810 g/mol. The highest BCUT2D eigenvalue weighted by molar-refractivity contribution is 6.21. The molecule has 0 N–H and O–H groups in total. The molecule has 18 aromatic carbocycles. The molecule has 12 heterocycles. The van der Waals surface area contributed by atoms with Crippen molar-refractivity contribution in [3.8, 4) is 103 Å². The molecule has 0 atom stereocenters. The number of hydrogen-bond acceptors (Lipinski definition) is 6. The number of benzene rings is 18. The Kier molecular flexibility index (Phi) is 19.3. The van der Waals surface area contributed by atoms with Crippen molar-refractivity contribution >= 4 is 174 Å². The van der Waals surface area contributed by atoms with E-state index in [1.807, 2.05) is 219 Å². The number of pyridine rings is 4. The molecule has 0 bridgehead atoms. The van der Waals surface area contributed by atoms with Gasteiger partial charge in [-0.2, -0.15) is 10.5 Å². The molecule has 30 aromatic rings. The van der Waals surface area contributed by atoms with Crippen molar-refractivity contribution in [2.75, 3.05) is 0 Å². The fraction of sp³-hybridized carbons (Fsp3) is 0. The number of fused-ring (bicyclic) bond motifs is 24. The fourth-order valence-electron chi connectivity index (χ4n) is 23.5. The highest BCUT2D eigenvalue weighted by Crippen LogP contribution is 2.55. The van der Waals surface area contributed by atoms with Crippen molar-refractivity contribution in [2.45, 2.75) is 0 Å². The number of rotatable bonds is 12. The van der Waals surface area contributed by atoms with E-state index >= 15 is 8.78 Å². The average Bonchev–Trinajstić information content (AvgIpc) is 1.51. The zero-order chi connectivity index (χ0) is 96.6. The minimum absolute atomic E-state index is 0. The number of nitriles is 2. The minimum atomic E-state index is -0.823. The summed E-state index contributed by atoms with van der Waals surface area (Å²) in [5.74, 6) is -1.65. The van der Waals surface area contributed by atoms with Crippen LogP contribution in [-0.2, 0) is 0 Å². The molecule has 12 aromatic heterocycles. The topological polar surface area (TPSA) is 139 Å². The molecule has 0 radical (unpaired) electrons. The Morgan fingerprint density at radius 1 is 0.163 bits per heavy atom. The highest BCUT2D eigenvalue weighted by Gasteiger charge is 2.39. The van der Waals surface area contributed by atoms with Crippen molar-refractivity contribution in [2.24, 2.45) is 0 Å². The first-order valence-corrected chi connectivity index (χ1v) is 48.7. The first-order chi connectivity index (χ1) is 72.3. The molecule has 688 valence electrons. The molecule has 147 heavy (non-hydrogen) atoms. The summed E-state index contributed by atoms with van der Waals surface area (Å²) in [4.78, 5) is 19.8. The molecule has 0 unspecified atom stereocenters. The van der Waals surface area contributed by atoms with E-state index in [2.05, 4.69) is 278 Å². The first-order valence-electron chi connectivity index (χ1n) is 48.7. The van der Waals surface area contributed by atoms with Gasteiger partial charge in [-0.15, -0.1) is 0 Å². The normalized spacial score (nSPS) is 11.8. The number of hydrogen-bond donors (Lipinski definition) is 0. The Bertz CT molecular complexity index is 9870. The average molecular weight is 1890 g/mol. The summed E-state index contributed by atoms with van der Waals surface area (Å²) in [5.41, 5.74) is 24.9. The maximum atomic E-state index is 18.0. The molecule has 0 saturated carbocycles. The zero-order valence-corrected chi connectivity index (χ0v) is 78.9. The van der Waals surface area contributed by atoms with Crippen molar-refractivity contribution in [1.82, 2.24) is 56.5 Å². The van der Waals surface area contributed by atoms with Crippen molar-refractivity contribution in [3.63, 3.8) is 0 Å².